The Morgan fingerprint density at radius 3 is 2.67 bits per heavy atom. The van der Waals surface area contributed by atoms with Gasteiger partial charge in [0.2, 0.25) is 0 Å². The number of benzene rings is 1. The van der Waals surface area contributed by atoms with Crippen LogP contribution in [0.15, 0.2) is 24.3 Å². The van der Waals surface area contributed by atoms with Crippen molar-refractivity contribution in [2.24, 2.45) is 5.73 Å². The lowest BCUT2D eigenvalue weighted by Crippen LogP contribution is -2.46. The summed E-state index contributed by atoms with van der Waals surface area (Å²) in [4.78, 5) is 2.90. The van der Waals surface area contributed by atoms with Crippen LogP contribution in [0.3, 0.4) is 0 Å². The van der Waals surface area contributed by atoms with Crippen molar-refractivity contribution in [2.75, 3.05) is 13.2 Å². The monoisotopic (exact) mass is 264 g/mol. The molecule has 1 saturated heterocycles. The van der Waals surface area contributed by atoms with E-state index in [1.165, 1.54) is 5.56 Å². The predicted molar refractivity (Wildman–Crippen MR) is 77.6 cm³/mol. The third-order valence-electron chi connectivity index (χ3n) is 3.36. The van der Waals surface area contributed by atoms with Gasteiger partial charge < -0.3 is 10.5 Å². The summed E-state index contributed by atoms with van der Waals surface area (Å²) in [5.41, 5.74) is 7.81. The highest BCUT2D eigenvalue weighted by Gasteiger charge is 2.23. The summed E-state index contributed by atoms with van der Waals surface area (Å²) in [6.45, 7) is 7.07. The summed E-state index contributed by atoms with van der Waals surface area (Å²) >= 11 is 4.95. The molecule has 4 heteroatoms. The van der Waals surface area contributed by atoms with Gasteiger partial charge in [-0.1, -0.05) is 36.5 Å². The number of nitrogens with zero attached hydrogens (tertiary/aromatic N) is 1. The first kappa shape index (κ1) is 13.5. The van der Waals surface area contributed by atoms with E-state index in [1.54, 1.807) is 0 Å². The molecule has 2 N–H and O–H groups in total. The minimum Gasteiger partial charge on any atom is -0.389 e. The van der Waals surface area contributed by atoms with Crippen molar-refractivity contribution >= 4 is 17.2 Å². The summed E-state index contributed by atoms with van der Waals surface area (Å²) in [7, 11) is 0. The van der Waals surface area contributed by atoms with Crippen molar-refractivity contribution in [3.05, 3.63) is 35.4 Å². The molecule has 1 aromatic carbocycles. The van der Waals surface area contributed by atoms with Crippen LogP contribution >= 0.6 is 12.2 Å². The highest BCUT2D eigenvalue weighted by Crippen LogP contribution is 2.15. The molecule has 1 aliphatic rings. The van der Waals surface area contributed by atoms with Gasteiger partial charge in [0.1, 0.15) is 4.99 Å². The fourth-order valence-corrected chi connectivity index (χ4v) is 2.34. The highest BCUT2D eigenvalue weighted by molar-refractivity contribution is 7.80. The number of nitrogens with two attached hydrogens (primary N) is 1. The normalized spacial score (nSPS) is 25.0. The fourth-order valence-electron chi connectivity index (χ4n) is 2.20. The van der Waals surface area contributed by atoms with E-state index in [0.717, 1.165) is 25.3 Å². The molecule has 1 fully saturated rings. The van der Waals surface area contributed by atoms with Gasteiger partial charge in [0, 0.05) is 24.7 Å². The Bertz CT molecular complexity index is 418. The van der Waals surface area contributed by atoms with E-state index in [4.69, 9.17) is 22.7 Å². The summed E-state index contributed by atoms with van der Waals surface area (Å²) in [6, 6.07) is 8.65. The number of thiocarbonyl (C=S) groups is 1. The van der Waals surface area contributed by atoms with E-state index in [2.05, 4.69) is 30.9 Å². The molecule has 1 heterocycles. The van der Waals surface area contributed by atoms with Gasteiger partial charge in [-0.2, -0.15) is 0 Å². The van der Waals surface area contributed by atoms with Crippen LogP contribution in [-0.4, -0.2) is 35.2 Å². The van der Waals surface area contributed by atoms with Gasteiger partial charge in [-0.25, -0.2) is 0 Å². The summed E-state index contributed by atoms with van der Waals surface area (Å²) < 4.78 is 5.63. The Kier molecular flexibility index (Phi) is 4.32. The third kappa shape index (κ3) is 3.28. The first-order valence-electron chi connectivity index (χ1n) is 6.30. The van der Waals surface area contributed by atoms with E-state index < -0.39 is 0 Å². The van der Waals surface area contributed by atoms with Crippen LogP contribution in [-0.2, 0) is 11.3 Å². The quantitative estimate of drug-likeness (QED) is 0.847. The molecule has 0 saturated carbocycles. The molecule has 2 rings (SSSR count). The number of morpholine rings is 1. The SMILES string of the molecule is CC1CN(Cc2ccc(C(N)=S)cc2)C(C)CO1. The molecule has 98 valence electrons. The van der Waals surface area contributed by atoms with Crippen molar-refractivity contribution < 1.29 is 4.74 Å². The van der Waals surface area contributed by atoms with Gasteiger partial charge in [-0.15, -0.1) is 0 Å². The third-order valence-corrected chi connectivity index (χ3v) is 3.60. The Labute approximate surface area is 114 Å². The fraction of sp³-hybridized carbons (Fsp3) is 0.500. The zero-order valence-electron chi connectivity index (χ0n) is 10.9. The topological polar surface area (TPSA) is 38.5 Å². The average Bonchev–Trinajstić information content (AvgIpc) is 2.34. The summed E-state index contributed by atoms with van der Waals surface area (Å²) in [6.07, 6.45) is 0.317. The summed E-state index contributed by atoms with van der Waals surface area (Å²) in [5.74, 6) is 0. The molecular weight excluding hydrogens is 244 g/mol. The van der Waals surface area contributed by atoms with Crippen LogP contribution in [0.4, 0.5) is 0 Å². The number of hydrogen-bond acceptors (Lipinski definition) is 3. The minimum atomic E-state index is 0.317. The maximum Gasteiger partial charge on any atom is 0.103 e. The molecule has 0 aliphatic carbocycles. The van der Waals surface area contributed by atoms with Crippen molar-refractivity contribution in [3.63, 3.8) is 0 Å². The smallest absolute Gasteiger partial charge is 0.103 e. The van der Waals surface area contributed by atoms with Gasteiger partial charge in [-0.05, 0) is 19.4 Å². The molecule has 1 aromatic rings. The standard InChI is InChI=1S/C14H20N2OS/c1-10-9-17-11(2)7-16(10)8-12-3-5-13(6-4-12)14(15)18/h3-6,10-11H,7-9H2,1-2H3,(H2,15,18). The minimum absolute atomic E-state index is 0.317. The van der Waals surface area contributed by atoms with Crippen LogP contribution < -0.4 is 5.73 Å². The number of rotatable bonds is 3. The molecule has 1 aliphatic heterocycles. The second kappa shape index (κ2) is 5.78. The van der Waals surface area contributed by atoms with Gasteiger partial charge in [0.25, 0.3) is 0 Å². The van der Waals surface area contributed by atoms with Gasteiger partial charge in [0.15, 0.2) is 0 Å². The van der Waals surface area contributed by atoms with Crippen molar-refractivity contribution in [1.82, 2.24) is 4.90 Å². The molecule has 2 unspecified atom stereocenters. The van der Waals surface area contributed by atoms with Crippen LogP contribution in [0, 0.1) is 0 Å². The molecule has 0 bridgehead atoms. The summed E-state index contributed by atoms with van der Waals surface area (Å²) in [5, 5.41) is 0. The first-order chi connectivity index (χ1) is 8.56. The zero-order valence-corrected chi connectivity index (χ0v) is 11.7. The van der Waals surface area contributed by atoms with E-state index in [9.17, 15) is 0 Å². The second-order valence-corrected chi connectivity index (χ2v) is 5.42. The number of ether oxygens (including phenoxy) is 1. The molecule has 2 atom stereocenters. The van der Waals surface area contributed by atoms with Crippen LogP contribution in [0.25, 0.3) is 0 Å². The Morgan fingerprint density at radius 1 is 1.39 bits per heavy atom. The lowest BCUT2D eigenvalue weighted by Gasteiger charge is -2.36. The molecule has 18 heavy (non-hydrogen) atoms. The van der Waals surface area contributed by atoms with Crippen molar-refractivity contribution in [2.45, 2.75) is 32.5 Å². The van der Waals surface area contributed by atoms with Gasteiger partial charge >= 0.3 is 0 Å². The first-order valence-corrected chi connectivity index (χ1v) is 6.71. The van der Waals surface area contributed by atoms with Crippen LogP contribution in [0.5, 0.6) is 0 Å². The van der Waals surface area contributed by atoms with Crippen molar-refractivity contribution in [3.8, 4) is 0 Å². The largest absolute Gasteiger partial charge is 0.389 e. The molecule has 0 spiro atoms. The maximum absolute atomic E-state index is 5.63. The van der Waals surface area contributed by atoms with Crippen molar-refractivity contribution in [1.29, 1.82) is 0 Å². The maximum atomic E-state index is 5.63. The average molecular weight is 264 g/mol. The lowest BCUT2D eigenvalue weighted by molar-refractivity contribution is -0.0526. The Balaban J connectivity index is 2.02. The van der Waals surface area contributed by atoms with Gasteiger partial charge in [0.05, 0.1) is 12.7 Å². The van der Waals surface area contributed by atoms with E-state index >= 15 is 0 Å². The van der Waals surface area contributed by atoms with E-state index in [1.807, 2.05) is 12.1 Å². The van der Waals surface area contributed by atoms with Crippen LogP contribution in [0.2, 0.25) is 0 Å². The predicted octanol–water partition coefficient (Wildman–Crippen LogP) is 1.93. The zero-order chi connectivity index (χ0) is 13.1. The highest BCUT2D eigenvalue weighted by atomic mass is 32.1. The second-order valence-electron chi connectivity index (χ2n) is 4.98. The van der Waals surface area contributed by atoms with E-state index in [-0.39, 0.29) is 0 Å². The molecule has 0 amide bonds. The molecule has 0 radical (unpaired) electrons. The number of hydrogen-bond donors (Lipinski definition) is 1. The molecular formula is C14H20N2OS. The Hall–Kier alpha value is -0.970. The molecule has 3 nitrogen and oxygen atoms in total. The Morgan fingerprint density at radius 2 is 2.06 bits per heavy atom. The van der Waals surface area contributed by atoms with E-state index in [0.29, 0.717) is 17.1 Å². The molecule has 0 aromatic heterocycles. The lowest BCUT2D eigenvalue weighted by atomic mass is 10.1. The van der Waals surface area contributed by atoms with Gasteiger partial charge in [-0.3, -0.25) is 4.90 Å². The van der Waals surface area contributed by atoms with Crippen LogP contribution in [0.1, 0.15) is 25.0 Å².